The third-order valence-electron chi connectivity index (χ3n) is 1.57. The van der Waals surface area contributed by atoms with Crippen LogP contribution in [0.2, 0.25) is 0 Å². The molecule has 0 aliphatic heterocycles. The zero-order chi connectivity index (χ0) is 9.68. The van der Waals surface area contributed by atoms with E-state index in [1.165, 1.54) is 0 Å². The summed E-state index contributed by atoms with van der Waals surface area (Å²) in [5.74, 6) is 0.499. The molecule has 1 aromatic heterocycles. The molecule has 0 saturated carbocycles. The Balaban J connectivity index is 2.26. The van der Waals surface area contributed by atoms with Crippen LogP contribution in [-0.4, -0.2) is 22.2 Å². The van der Waals surface area contributed by atoms with Gasteiger partial charge in [-0.05, 0) is 12.0 Å². The van der Waals surface area contributed by atoms with Gasteiger partial charge in [0.05, 0.1) is 0 Å². The number of nitrogens with zero attached hydrogens (tertiary/aromatic N) is 2. The van der Waals surface area contributed by atoms with Gasteiger partial charge < -0.3 is 5.32 Å². The fourth-order valence-electron chi connectivity index (χ4n) is 0.915. The first-order valence-corrected chi connectivity index (χ1v) is 4.42. The highest BCUT2D eigenvalue weighted by molar-refractivity contribution is 5.75. The highest BCUT2D eigenvalue weighted by atomic mass is 16.2. The van der Waals surface area contributed by atoms with E-state index >= 15 is 0 Å². The molecular formula is C9H15N3O. The van der Waals surface area contributed by atoms with Crippen LogP contribution in [0.25, 0.3) is 0 Å². The third kappa shape index (κ3) is 3.73. The standard InChI is InChI=1S/C9H15N3O/c1-8(2)6-10-9(13)7-12-5-3-4-11-12/h3-5,8H,6-7H2,1-2H3,(H,10,13). The average Bonchev–Trinajstić information content (AvgIpc) is 2.53. The molecule has 0 aromatic carbocycles. The topological polar surface area (TPSA) is 46.9 Å². The van der Waals surface area contributed by atoms with Crippen LogP contribution in [0, 0.1) is 5.92 Å². The molecule has 0 spiro atoms. The van der Waals surface area contributed by atoms with E-state index in [-0.39, 0.29) is 5.91 Å². The summed E-state index contributed by atoms with van der Waals surface area (Å²) >= 11 is 0. The summed E-state index contributed by atoms with van der Waals surface area (Å²) in [5, 5.41) is 6.76. The number of hydrogen-bond donors (Lipinski definition) is 1. The van der Waals surface area contributed by atoms with Crippen molar-refractivity contribution in [3.05, 3.63) is 18.5 Å². The number of rotatable bonds is 4. The van der Waals surface area contributed by atoms with E-state index in [2.05, 4.69) is 24.3 Å². The molecule has 4 nitrogen and oxygen atoms in total. The zero-order valence-corrected chi connectivity index (χ0v) is 8.03. The number of carbonyl (C=O) groups excluding carboxylic acids is 1. The molecular weight excluding hydrogens is 166 g/mol. The van der Waals surface area contributed by atoms with Crippen LogP contribution in [0.15, 0.2) is 18.5 Å². The maximum Gasteiger partial charge on any atom is 0.241 e. The number of amides is 1. The van der Waals surface area contributed by atoms with Crippen LogP contribution in [0.4, 0.5) is 0 Å². The first-order valence-electron chi connectivity index (χ1n) is 4.42. The molecule has 0 saturated heterocycles. The van der Waals surface area contributed by atoms with Crippen LogP contribution in [-0.2, 0) is 11.3 Å². The van der Waals surface area contributed by atoms with Crippen LogP contribution >= 0.6 is 0 Å². The molecule has 0 unspecified atom stereocenters. The molecule has 1 N–H and O–H groups in total. The molecule has 1 heterocycles. The number of nitrogens with one attached hydrogen (secondary N) is 1. The van der Waals surface area contributed by atoms with Gasteiger partial charge in [-0.15, -0.1) is 0 Å². The second-order valence-electron chi connectivity index (χ2n) is 3.40. The van der Waals surface area contributed by atoms with Crippen molar-refractivity contribution in [2.45, 2.75) is 20.4 Å². The van der Waals surface area contributed by atoms with Crippen LogP contribution in [0.1, 0.15) is 13.8 Å². The summed E-state index contributed by atoms with van der Waals surface area (Å²) in [5.41, 5.74) is 0. The fourth-order valence-corrected chi connectivity index (χ4v) is 0.915. The first-order chi connectivity index (χ1) is 6.18. The van der Waals surface area contributed by atoms with Crippen LogP contribution < -0.4 is 5.32 Å². The van der Waals surface area contributed by atoms with E-state index in [1.54, 1.807) is 23.1 Å². The Morgan fingerprint density at radius 2 is 2.38 bits per heavy atom. The monoisotopic (exact) mass is 181 g/mol. The molecule has 0 bridgehead atoms. The minimum atomic E-state index is 0.0115. The molecule has 4 heteroatoms. The van der Waals surface area contributed by atoms with Crippen molar-refractivity contribution in [2.75, 3.05) is 6.54 Å². The molecule has 0 fully saturated rings. The molecule has 13 heavy (non-hydrogen) atoms. The van der Waals surface area contributed by atoms with Crippen molar-refractivity contribution in [3.8, 4) is 0 Å². The Labute approximate surface area is 77.9 Å². The van der Waals surface area contributed by atoms with Gasteiger partial charge in [0.1, 0.15) is 6.54 Å². The lowest BCUT2D eigenvalue weighted by Crippen LogP contribution is -2.30. The maximum absolute atomic E-state index is 11.2. The van der Waals surface area contributed by atoms with Gasteiger partial charge in [0.25, 0.3) is 0 Å². The van der Waals surface area contributed by atoms with E-state index < -0.39 is 0 Å². The summed E-state index contributed by atoms with van der Waals surface area (Å²) in [6.07, 6.45) is 3.44. The van der Waals surface area contributed by atoms with E-state index in [4.69, 9.17) is 0 Å². The van der Waals surface area contributed by atoms with Crippen LogP contribution in [0.3, 0.4) is 0 Å². The minimum Gasteiger partial charge on any atom is -0.354 e. The van der Waals surface area contributed by atoms with Gasteiger partial charge in [-0.1, -0.05) is 13.8 Å². The van der Waals surface area contributed by atoms with Crippen molar-refractivity contribution in [1.82, 2.24) is 15.1 Å². The van der Waals surface area contributed by atoms with Crippen molar-refractivity contribution in [3.63, 3.8) is 0 Å². The van der Waals surface area contributed by atoms with Crippen molar-refractivity contribution >= 4 is 5.91 Å². The summed E-state index contributed by atoms with van der Waals surface area (Å²) in [4.78, 5) is 11.2. The lowest BCUT2D eigenvalue weighted by atomic mass is 10.2. The van der Waals surface area contributed by atoms with Gasteiger partial charge in [-0.3, -0.25) is 9.48 Å². The van der Waals surface area contributed by atoms with Gasteiger partial charge >= 0.3 is 0 Å². The molecule has 0 aliphatic rings. The Hall–Kier alpha value is -1.32. The molecule has 1 amide bonds. The van der Waals surface area contributed by atoms with Crippen molar-refractivity contribution in [2.24, 2.45) is 5.92 Å². The molecule has 1 rings (SSSR count). The van der Waals surface area contributed by atoms with E-state index in [0.717, 1.165) is 6.54 Å². The fraction of sp³-hybridized carbons (Fsp3) is 0.556. The Morgan fingerprint density at radius 1 is 1.62 bits per heavy atom. The van der Waals surface area contributed by atoms with Crippen molar-refractivity contribution < 1.29 is 4.79 Å². The lowest BCUT2D eigenvalue weighted by molar-refractivity contribution is -0.122. The second kappa shape index (κ2) is 4.64. The molecule has 0 aliphatic carbocycles. The Morgan fingerprint density at radius 3 is 2.92 bits per heavy atom. The molecule has 0 radical (unpaired) electrons. The highest BCUT2D eigenvalue weighted by Crippen LogP contribution is 1.88. The number of hydrogen-bond acceptors (Lipinski definition) is 2. The predicted molar refractivity (Wildman–Crippen MR) is 50.1 cm³/mol. The van der Waals surface area contributed by atoms with Gasteiger partial charge in [0.2, 0.25) is 5.91 Å². The summed E-state index contributed by atoms with van der Waals surface area (Å²) in [6.45, 7) is 5.15. The van der Waals surface area contributed by atoms with Gasteiger partial charge in [0.15, 0.2) is 0 Å². The smallest absolute Gasteiger partial charge is 0.241 e. The van der Waals surface area contributed by atoms with Gasteiger partial charge in [-0.25, -0.2) is 0 Å². The predicted octanol–water partition coefficient (Wildman–Crippen LogP) is 0.655. The maximum atomic E-state index is 11.2. The zero-order valence-electron chi connectivity index (χ0n) is 8.03. The summed E-state index contributed by atoms with van der Waals surface area (Å²) < 4.78 is 1.61. The quantitative estimate of drug-likeness (QED) is 0.741. The highest BCUT2D eigenvalue weighted by Gasteiger charge is 2.02. The summed E-state index contributed by atoms with van der Waals surface area (Å²) in [6, 6.07) is 1.80. The minimum absolute atomic E-state index is 0.0115. The lowest BCUT2D eigenvalue weighted by Gasteiger charge is -2.07. The summed E-state index contributed by atoms with van der Waals surface area (Å²) in [7, 11) is 0. The Kier molecular flexibility index (Phi) is 3.49. The number of aromatic nitrogens is 2. The molecule has 72 valence electrons. The van der Waals surface area contributed by atoms with Crippen molar-refractivity contribution in [1.29, 1.82) is 0 Å². The Bertz CT molecular complexity index is 254. The van der Waals surface area contributed by atoms with Crippen LogP contribution in [0.5, 0.6) is 0 Å². The average molecular weight is 181 g/mol. The third-order valence-corrected chi connectivity index (χ3v) is 1.57. The van der Waals surface area contributed by atoms with E-state index in [9.17, 15) is 4.79 Å². The first kappa shape index (κ1) is 9.77. The van der Waals surface area contributed by atoms with Gasteiger partial charge in [-0.2, -0.15) is 5.10 Å². The second-order valence-corrected chi connectivity index (χ2v) is 3.40. The van der Waals surface area contributed by atoms with E-state index in [0.29, 0.717) is 12.5 Å². The normalized spacial score (nSPS) is 10.4. The molecule has 0 atom stereocenters. The van der Waals surface area contributed by atoms with E-state index in [1.807, 2.05) is 0 Å². The SMILES string of the molecule is CC(C)CNC(=O)Cn1cccn1. The molecule has 1 aromatic rings. The van der Waals surface area contributed by atoms with Gasteiger partial charge in [0, 0.05) is 18.9 Å². The number of carbonyl (C=O) groups is 1. The largest absolute Gasteiger partial charge is 0.354 e.